The van der Waals surface area contributed by atoms with E-state index in [-0.39, 0.29) is 11.9 Å². The highest BCUT2D eigenvalue weighted by atomic mass is 16.5. The van der Waals surface area contributed by atoms with Crippen molar-refractivity contribution in [2.75, 3.05) is 7.11 Å². The van der Waals surface area contributed by atoms with Gasteiger partial charge in [0.1, 0.15) is 18.1 Å². The third-order valence-corrected chi connectivity index (χ3v) is 5.04. The molecule has 4 nitrogen and oxygen atoms in total. The molecule has 3 rings (SSSR count). The minimum atomic E-state index is -0.0881. The van der Waals surface area contributed by atoms with Crippen molar-refractivity contribution in [3.05, 3.63) is 95.1 Å². The molecule has 1 amide bonds. The van der Waals surface area contributed by atoms with Crippen molar-refractivity contribution in [3.8, 4) is 11.5 Å². The quantitative estimate of drug-likeness (QED) is 0.525. The summed E-state index contributed by atoms with van der Waals surface area (Å²) >= 11 is 0. The summed E-state index contributed by atoms with van der Waals surface area (Å²) in [6.45, 7) is 4.40. The predicted molar refractivity (Wildman–Crippen MR) is 120 cm³/mol. The van der Waals surface area contributed by atoms with Crippen molar-refractivity contribution >= 4 is 5.91 Å². The molecule has 30 heavy (non-hydrogen) atoms. The van der Waals surface area contributed by atoms with E-state index in [1.54, 1.807) is 13.2 Å². The number of methoxy groups -OCH3 is 1. The molecule has 0 saturated carbocycles. The summed E-state index contributed by atoms with van der Waals surface area (Å²) in [7, 11) is 1.62. The zero-order valence-corrected chi connectivity index (χ0v) is 17.9. The zero-order valence-electron chi connectivity index (χ0n) is 17.9. The van der Waals surface area contributed by atoms with Gasteiger partial charge in [-0.2, -0.15) is 0 Å². The summed E-state index contributed by atoms with van der Waals surface area (Å²) < 4.78 is 11.3. The SMILES string of the molecule is COc1ccc(C(=O)NC(C)CCc2ccccc2)cc1COc1ccc(C)cc1. The number of ether oxygens (including phenoxy) is 2. The van der Waals surface area contributed by atoms with Gasteiger partial charge in [0.05, 0.1) is 7.11 Å². The van der Waals surface area contributed by atoms with Gasteiger partial charge in [-0.15, -0.1) is 0 Å². The van der Waals surface area contributed by atoms with Crippen LogP contribution in [0, 0.1) is 6.92 Å². The van der Waals surface area contributed by atoms with Gasteiger partial charge in [0.15, 0.2) is 0 Å². The Balaban J connectivity index is 1.61. The van der Waals surface area contributed by atoms with Crippen LogP contribution in [0.15, 0.2) is 72.8 Å². The molecule has 0 aliphatic carbocycles. The first kappa shape index (κ1) is 21.4. The first-order valence-electron chi connectivity index (χ1n) is 10.3. The number of hydrogen-bond donors (Lipinski definition) is 1. The number of nitrogens with one attached hydrogen (secondary N) is 1. The third-order valence-electron chi connectivity index (χ3n) is 5.04. The van der Waals surface area contributed by atoms with Crippen molar-refractivity contribution < 1.29 is 14.3 Å². The van der Waals surface area contributed by atoms with Crippen LogP contribution < -0.4 is 14.8 Å². The Bertz CT molecular complexity index is 952. The lowest BCUT2D eigenvalue weighted by Gasteiger charge is -2.16. The van der Waals surface area contributed by atoms with Crippen LogP contribution in [0.4, 0.5) is 0 Å². The molecule has 0 bridgehead atoms. The molecule has 0 aliphatic heterocycles. The van der Waals surface area contributed by atoms with Gasteiger partial charge in [-0.05, 0) is 62.6 Å². The Labute approximate surface area is 178 Å². The molecule has 1 atom stereocenters. The van der Waals surface area contributed by atoms with E-state index in [0.29, 0.717) is 17.9 Å². The summed E-state index contributed by atoms with van der Waals surface area (Å²) in [6.07, 6.45) is 1.82. The minimum absolute atomic E-state index is 0.0760. The number of carbonyl (C=O) groups is 1. The van der Waals surface area contributed by atoms with Crippen molar-refractivity contribution in [3.63, 3.8) is 0 Å². The molecule has 0 aliphatic rings. The summed E-state index contributed by atoms with van der Waals surface area (Å²) in [5, 5.41) is 3.09. The van der Waals surface area contributed by atoms with Gasteiger partial charge in [0.2, 0.25) is 0 Å². The Hall–Kier alpha value is -3.27. The van der Waals surface area contributed by atoms with Gasteiger partial charge in [-0.1, -0.05) is 48.0 Å². The highest BCUT2D eigenvalue weighted by Crippen LogP contribution is 2.23. The second-order valence-electron chi connectivity index (χ2n) is 7.53. The lowest BCUT2D eigenvalue weighted by Crippen LogP contribution is -2.33. The molecule has 1 N–H and O–H groups in total. The molecule has 0 aromatic heterocycles. The Morgan fingerprint density at radius 3 is 2.43 bits per heavy atom. The fourth-order valence-electron chi connectivity index (χ4n) is 3.24. The number of rotatable bonds is 9. The van der Waals surface area contributed by atoms with E-state index in [0.717, 1.165) is 24.2 Å². The molecule has 0 spiro atoms. The van der Waals surface area contributed by atoms with Crippen LogP contribution in [0.5, 0.6) is 11.5 Å². The predicted octanol–water partition coefficient (Wildman–Crippen LogP) is 5.33. The summed E-state index contributed by atoms with van der Waals surface area (Å²) in [4.78, 5) is 12.7. The molecule has 3 aromatic carbocycles. The lowest BCUT2D eigenvalue weighted by molar-refractivity contribution is 0.0938. The molecule has 156 valence electrons. The molecular formula is C26H29NO3. The van der Waals surface area contributed by atoms with Gasteiger partial charge in [-0.25, -0.2) is 0 Å². The first-order chi connectivity index (χ1) is 14.5. The molecule has 1 unspecified atom stereocenters. The van der Waals surface area contributed by atoms with Crippen LogP contribution >= 0.6 is 0 Å². The van der Waals surface area contributed by atoms with E-state index >= 15 is 0 Å². The lowest BCUT2D eigenvalue weighted by atomic mass is 10.1. The van der Waals surface area contributed by atoms with Gasteiger partial charge in [0.25, 0.3) is 5.91 Å². The standard InChI is InChI=1S/C26H29NO3/c1-19-9-14-24(15-10-19)30-18-23-17-22(13-16-25(23)29-3)26(28)27-20(2)11-12-21-7-5-4-6-8-21/h4-10,13-17,20H,11-12,18H2,1-3H3,(H,27,28). The largest absolute Gasteiger partial charge is 0.496 e. The fourth-order valence-corrected chi connectivity index (χ4v) is 3.24. The molecule has 0 heterocycles. The van der Waals surface area contributed by atoms with Gasteiger partial charge in [-0.3, -0.25) is 4.79 Å². The average Bonchev–Trinajstić information content (AvgIpc) is 2.77. The van der Waals surface area contributed by atoms with Gasteiger partial charge in [0, 0.05) is 17.2 Å². The summed E-state index contributed by atoms with van der Waals surface area (Å²) in [6, 6.07) is 23.7. The van der Waals surface area contributed by atoms with Crippen LogP contribution in [-0.2, 0) is 13.0 Å². The Morgan fingerprint density at radius 2 is 1.73 bits per heavy atom. The molecule has 3 aromatic rings. The molecule has 0 saturated heterocycles. The highest BCUT2D eigenvalue weighted by Gasteiger charge is 2.13. The maximum absolute atomic E-state index is 12.7. The maximum Gasteiger partial charge on any atom is 0.251 e. The van der Waals surface area contributed by atoms with Crippen molar-refractivity contribution in [1.29, 1.82) is 0 Å². The molecular weight excluding hydrogens is 374 g/mol. The minimum Gasteiger partial charge on any atom is -0.496 e. The molecule has 0 radical (unpaired) electrons. The number of hydrogen-bond acceptors (Lipinski definition) is 3. The third kappa shape index (κ3) is 6.11. The summed E-state index contributed by atoms with van der Waals surface area (Å²) in [5.74, 6) is 1.40. The second kappa shape index (κ2) is 10.5. The number of carbonyl (C=O) groups excluding carboxylic acids is 1. The number of amides is 1. The van der Waals surface area contributed by atoms with E-state index < -0.39 is 0 Å². The van der Waals surface area contributed by atoms with E-state index in [9.17, 15) is 4.79 Å². The van der Waals surface area contributed by atoms with Crippen LogP contribution in [-0.4, -0.2) is 19.1 Å². The monoisotopic (exact) mass is 403 g/mol. The summed E-state index contributed by atoms with van der Waals surface area (Å²) in [5.41, 5.74) is 3.89. The fraction of sp³-hybridized carbons (Fsp3) is 0.269. The van der Waals surface area contributed by atoms with E-state index in [2.05, 4.69) is 17.4 Å². The van der Waals surface area contributed by atoms with Crippen molar-refractivity contribution in [2.24, 2.45) is 0 Å². The smallest absolute Gasteiger partial charge is 0.251 e. The highest BCUT2D eigenvalue weighted by molar-refractivity contribution is 5.94. The van der Waals surface area contributed by atoms with E-state index in [1.807, 2.05) is 68.4 Å². The first-order valence-corrected chi connectivity index (χ1v) is 10.3. The van der Waals surface area contributed by atoms with Gasteiger partial charge >= 0.3 is 0 Å². The number of benzene rings is 3. The maximum atomic E-state index is 12.7. The average molecular weight is 404 g/mol. The van der Waals surface area contributed by atoms with Crippen molar-refractivity contribution in [1.82, 2.24) is 5.32 Å². The van der Waals surface area contributed by atoms with Gasteiger partial charge < -0.3 is 14.8 Å². The van der Waals surface area contributed by atoms with E-state index in [4.69, 9.17) is 9.47 Å². The Kier molecular flexibility index (Phi) is 7.50. The Morgan fingerprint density at radius 1 is 1.00 bits per heavy atom. The van der Waals surface area contributed by atoms with Crippen LogP contribution in [0.25, 0.3) is 0 Å². The second-order valence-corrected chi connectivity index (χ2v) is 7.53. The number of aryl methyl sites for hydroxylation is 2. The van der Waals surface area contributed by atoms with Crippen LogP contribution in [0.1, 0.15) is 40.4 Å². The van der Waals surface area contributed by atoms with E-state index in [1.165, 1.54) is 11.1 Å². The van der Waals surface area contributed by atoms with Crippen LogP contribution in [0.2, 0.25) is 0 Å². The molecule has 4 heteroatoms. The topological polar surface area (TPSA) is 47.6 Å². The van der Waals surface area contributed by atoms with Crippen molar-refractivity contribution in [2.45, 2.75) is 39.3 Å². The van der Waals surface area contributed by atoms with Crippen LogP contribution in [0.3, 0.4) is 0 Å². The molecule has 0 fully saturated rings. The zero-order chi connectivity index (χ0) is 21.3. The normalized spacial score (nSPS) is 11.6.